The first kappa shape index (κ1) is 17.4. The van der Waals surface area contributed by atoms with Crippen LogP contribution in [-0.2, 0) is 0 Å². The number of carbonyl (C=O) groups is 2. The third-order valence-electron chi connectivity index (χ3n) is 4.81. The first-order valence-electron chi connectivity index (χ1n) is 9.02. The number of benzene rings is 1. The van der Waals surface area contributed by atoms with Crippen molar-refractivity contribution in [3.05, 3.63) is 41.6 Å². The molecule has 27 heavy (non-hydrogen) atoms. The SMILES string of the molecule is Cc1ocnc1C(=O)N1CCCN(C(=O)c2ccc3c(c2)OCCO3)CC1. The standard InChI is InChI=1S/C19H21N3O5/c1-13-17(20-12-27-13)19(24)22-6-2-5-21(7-8-22)18(23)14-3-4-15-16(11-14)26-10-9-25-15/h3-4,11-12H,2,5-10H2,1H3. The van der Waals surface area contributed by atoms with Crippen molar-refractivity contribution in [2.75, 3.05) is 39.4 Å². The van der Waals surface area contributed by atoms with Gasteiger partial charge in [-0.05, 0) is 31.5 Å². The average molecular weight is 371 g/mol. The summed E-state index contributed by atoms with van der Waals surface area (Å²) in [4.78, 5) is 33.0. The number of fused-ring (bicyclic) bond motifs is 1. The van der Waals surface area contributed by atoms with Crippen molar-refractivity contribution in [2.24, 2.45) is 0 Å². The van der Waals surface area contributed by atoms with Gasteiger partial charge in [-0.25, -0.2) is 4.98 Å². The van der Waals surface area contributed by atoms with E-state index in [0.29, 0.717) is 74.3 Å². The Bertz CT molecular complexity index is 863. The lowest BCUT2D eigenvalue weighted by Gasteiger charge is -2.23. The van der Waals surface area contributed by atoms with Gasteiger partial charge in [-0.1, -0.05) is 0 Å². The van der Waals surface area contributed by atoms with Crippen LogP contribution in [-0.4, -0.2) is 66.0 Å². The molecule has 4 rings (SSSR count). The van der Waals surface area contributed by atoms with Crippen LogP contribution in [0.2, 0.25) is 0 Å². The molecule has 8 heteroatoms. The second kappa shape index (κ2) is 7.30. The minimum atomic E-state index is -0.158. The number of aryl methyl sites for hydroxylation is 1. The van der Waals surface area contributed by atoms with Gasteiger partial charge in [0.25, 0.3) is 11.8 Å². The van der Waals surface area contributed by atoms with Crippen LogP contribution in [0.4, 0.5) is 0 Å². The number of ether oxygens (including phenoxy) is 2. The van der Waals surface area contributed by atoms with E-state index < -0.39 is 0 Å². The molecule has 2 amide bonds. The number of rotatable bonds is 2. The highest BCUT2D eigenvalue weighted by atomic mass is 16.6. The number of hydrogen-bond acceptors (Lipinski definition) is 6. The summed E-state index contributed by atoms with van der Waals surface area (Å²) in [7, 11) is 0. The predicted octanol–water partition coefficient (Wildman–Crippen LogP) is 1.74. The third kappa shape index (κ3) is 3.47. The molecule has 2 aliphatic rings. The van der Waals surface area contributed by atoms with Crippen molar-refractivity contribution in [1.82, 2.24) is 14.8 Å². The Balaban J connectivity index is 1.44. The minimum absolute atomic E-state index is 0.0705. The summed E-state index contributed by atoms with van der Waals surface area (Å²) in [5.41, 5.74) is 0.896. The molecular formula is C19H21N3O5. The lowest BCUT2D eigenvalue weighted by Crippen LogP contribution is -2.37. The molecule has 3 heterocycles. The number of oxazole rings is 1. The molecule has 1 aromatic carbocycles. The van der Waals surface area contributed by atoms with Crippen LogP contribution in [0, 0.1) is 6.92 Å². The molecule has 8 nitrogen and oxygen atoms in total. The zero-order valence-electron chi connectivity index (χ0n) is 15.1. The predicted molar refractivity (Wildman–Crippen MR) is 95.1 cm³/mol. The highest BCUT2D eigenvalue weighted by Gasteiger charge is 2.26. The highest BCUT2D eigenvalue weighted by molar-refractivity contribution is 5.95. The van der Waals surface area contributed by atoms with Gasteiger partial charge in [0.2, 0.25) is 0 Å². The molecule has 0 saturated carbocycles. The third-order valence-corrected chi connectivity index (χ3v) is 4.81. The fourth-order valence-corrected chi connectivity index (χ4v) is 3.34. The number of amides is 2. The summed E-state index contributed by atoms with van der Waals surface area (Å²) in [5, 5.41) is 0. The van der Waals surface area contributed by atoms with Gasteiger partial charge >= 0.3 is 0 Å². The van der Waals surface area contributed by atoms with Crippen LogP contribution in [0.25, 0.3) is 0 Å². The molecule has 142 valence electrons. The summed E-state index contributed by atoms with van der Waals surface area (Å²) in [6.07, 6.45) is 1.98. The summed E-state index contributed by atoms with van der Waals surface area (Å²) >= 11 is 0. The lowest BCUT2D eigenvalue weighted by molar-refractivity contribution is 0.0714. The van der Waals surface area contributed by atoms with Crippen LogP contribution in [0.15, 0.2) is 29.0 Å². The summed E-state index contributed by atoms with van der Waals surface area (Å²) in [5.74, 6) is 1.54. The van der Waals surface area contributed by atoms with Crippen molar-refractivity contribution in [3.8, 4) is 11.5 Å². The number of hydrogen-bond donors (Lipinski definition) is 0. The molecule has 0 unspecified atom stereocenters. The first-order valence-corrected chi connectivity index (χ1v) is 9.02. The van der Waals surface area contributed by atoms with Crippen LogP contribution in [0.3, 0.4) is 0 Å². The van der Waals surface area contributed by atoms with Crippen molar-refractivity contribution in [3.63, 3.8) is 0 Å². The van der Waals surface area contributed by atoms with E-state index in [1.54, 1.807) is 34.9 Å². The Morgan fingerprint density at radius 2 is 1.67 bits per heavy atom. The largest absolute Gasteiger partial charge is 0.486 e. The van der Waals surface area contributed by atoms with Crippen molar-refractivity contribution in [1.29, 1.82) is 0 Å². The Morgan fingerprint density at radius 1 is 0.963 bits per heavy atom. The van der Waals surface area contributed by atoms with Gasteiger partial charge in [-0.2, -0.15) is 0 Å². The molecule has 0 bridgehead atoms. The van der Waals surface area contributed by atoms with Gasteiger partial charge in [-0.15, -0.1) is 0 Å². The van der Waals surface area contributed by atoms with Crippen LogP contribution >= 0.6 is 0 Å². The zero-order valence-corrected chi connectivity index (χ0v) is 15.1. The molecule has 0 atom stereocenters. The molecule has 0 spiro atoms. The molecular weight excluding hydrogens is 350 g/mol. The number of aromatic nitrogens is 1. The van der Waals surface area contributed by atoms with Gasteiger partial charge in [0.15, 0.2) is 23.6 Å². The second-order valence-electron chi connectivity index (χ2n) is 6.55. The number of nitrogens with zero attached hydrogens (tertiary/aromatic N) is 3. The monoisotopic (exact) mass is 371 g/mol. The summed E-state index contributed by atoms with van der Waals surface area (Å²) < 4.78 is 16.2. The van der Waals surface area contributed by atoms with E-state index in [4.69, 9.17) is 13.9 Å². The van der Waals surface area contributed by atoms with E-state index in [1.165, 1.54) is 6.39 Å². The molecule has 1 fully saturated rings. The van der Waals surface area contributed by atoms with Crippen LogP contribution < -0.4 is 9.47 Å². The van der Waals surface area contributed by atoms with E-state index in [1.807, 2.05) is 0 Å². The topological polar surface area (TPSA) is 85.1 Å². The quantitative estimate of drug-likeness (QED) is 0.799. The fraction of sp³-hybridized carbons (Fsp3) is 0.421. The molecule has 0 radical (unpaired) electrons. The van der Waals surface area contributed by atoms with E-state index in [0.717, 1.165) is 0 Å². The average Bonchev–Trinajstić information content (AvgIpc) is 2.98. The molecule has 0 N–H and O–H groups in total. The Labute approximate surface area is 156 Å². The smallest absolute Gasteiger partial charge is 0.276 e. The maximum Gasteiger partial charge on any atom is 0.276 e. The first-order chi connectivity index (χ1) is 13.1. The van der Waals surface area contributed by atoms with Crippen LogP contribution in [0.5, 0.6) is 11.5 Å². The molecule has 1 saturated heterocycles. The Morgan fingerprint density at radius 3 is 2.37 bits per heavy atom. The number of carbonyl (C=O) groups excluding carboxylic acids is 2. The maximum absolute atomic E-state index is 12.9. The zero-order chi connectivity index (χ0) is 18.8. The fourth-order valence-electron chi connectivity index (χ4n) is 3.34. The molecule has 0 aliphatic carbocycles. The van der Waals surface area contributed by atoms with Crippen molar-refractivity contribution in [2.45, 2.75) is 13.3 Å². The van der Waals surface area contributed by atoms with Gasteiger partial charge in [0.05, 0.1) is 0 Å². The summed E-state index contributed by atoms with van der Waals surface area (Å²) in [6.45, 7) is 4.81. The molecule has 2 aliphatic heterocycles. The van der Waals surface area contributed by atoms with E-state index >= 15 is 0 Å². The minimum Gasteiger partial charge on any atom is -0.486 e. The van der Waals surface area contributed by atoms with Gasteiger partial charge < -0.3 is 23.7 Å². The van der Waals surface area contributed by atoms with Gasteiger partial charge in [0.1, 0.15) is 19.0 Å². The van der Waals surface area contributed by atoms with E-state index in [-0.39, 0.29) is 11.8 Å². The second-order valence-corrected chi connectivity index (χ2v) is 6.55. The lowest BCUT2D eigenvalue weighted by atomic mass is 10.1. The Kier molecular flexibility index (Phi) is 4.70. The van der Waals surface area contributed by atoms with Gasteiger partial charge in [0, 0.05) is 31.7 Å². The molecule has 2 aromatic rings. The van der Waals surface area contributed by atoms with E-state index in [2.05, 4.69) is 4.98 Å². The van der Waals surface area contributed by atoms with Crippen molar-refractivity contribution >= 4 is 11.8 Å². The normalized spacial score (nSPS) is 16.8. The van der Waals surface area contributed by atoms with E-state index in [9.17, 15) is 9.59 Å². The Hall–Kier alpha value is -3.03. The highest BCUT2D eigenvalue weighted by Crippen LogP contribution is 2.31. The molecule has 1 aromatic heterocycles. The van der Waals surface area contributed by atoms with Gasteiger partial charge in [-0.3, -0.25) is 9.59 Å². The summed E-state index contributed by atoms with van der Waals surface area (Å²) in [6, 6.07) is 5.24. The van der Waals surface area contributed by atoms with Crippen LogP contribution in [0.1, 0.15) is 33.0 Å². The van der Waals surface area contributed by atoms with Crippen molar-refractivity contribution < 1.29 is 23.5 Å². The maximum atomic E-state index is 12.9.